The zero-order valence-electron chi connectivity index (χ0n) is 8.46. The van der Waals surface area contributed by atoms with Gasteiger partial charge in [0, 0.05) is 12.8 Å². The molecule has 1 aliphatic carbocycles. The summed E-state index contributed by atoms with van der Waals surface area (Å²) in [6, 6.07) is 0. The molecule has 2 heteroatoms. The Kier molecular flexibility index (Phi) is 2.69. The van der Waals surface area contributed by atoms with Crippen LogP contribution in [0.15, 0.2) is 11.6 Å². The van der Waals surface area contributed by atoms with Gasteiger partial charge in [-0.25, -0.2) is 0 Å². The normalized spacial score (nSPS) is 30.5. The lowest BCUT2D eigenvalue weighted by Gasteiger charge is -2.36. The lowest BCUT2D eigenvalue weighted by molar-refractivity contribution is -0.122. The number of ketones is 1. The summed E-state index contributed by atoms with van der Waals surface area (Å²) in [6.07, 6.45) is 3.60. The highest BCUT2D eigenvalue weighted by Crippen LogP contribution is 2.41. The van der Waals surface area contributed by atoms with Crippen LogP contribution >= 0.6 is 0 Å². The zero-order chi connectivity index (χ0) is 10.1. The van der Waals surface area contributed by atoms with Crippen LogP contribution in [0.5, 0.6) is 0 Å². The van der Waals surface area contributed by atoms with Crippen LogP contribution in [0.25, 0.3) is 0 Å². The molecule has 0 heterocycles. The van der Waals surface area contributed by atoms with Gasteiger partial charge in [0.25, 0.3) is 0 Å². The first-order valence-electron chi connectivity index (χ1n) is 4.65. The van der Waals surface area contributed by atoms with Crippen LogP contribution in [0, 0.1) is 11.3 Å². The highest BCUT2D eigenvalue weighted by molar-refractivity contribution is 5.82. The van der Waals surface area contributed by atoms with Crippen LogP contribution in [0.1, 0.15) is 33.6 Å². The molecule has 0 aromatic carbocycles. The number of aldehydes is 1. The lowest BCUT2D eigenvalue weighted by Crippen LogP contribution is -2.30. The molecule has 2 nitrogen and oxygen atoms in total. The number of carbonyl (C=O) groups is 2. The van der Waals surface area contributed by atoms with Crippen molar-refractivity contribution in [2.45, 2.75) is 33.6 Å². The van der Waals surface area contributed by atoms with E-state index in [2.05, 4.69) is 0 Å². The number of carbonyl (C=O) groups excluding carboxylic acids is 2. The van der Waals surface area contributed by atoms with Crippen LogP contribution in [0.2, 0.25) is 0 Å². The second-order valence-corrected chi connectivity index (χ2v) is 4.46. The Morgan fingerprint density at radius 1 is 1.46 bits per heavy atom. The van der Waals surface area contributed by atoms with E-state index in [1.807, 2.05) is 20.8 Å². The van der Waals surface area contributed by atoms with Crippen LogP contribution in [-0.4, -0.2) is 12.1 Å². The molecule has 1 unspecified atom stereocenters. The molecule has 1 rings (SSSR count). The number of allylic oxidation sites excluding steroid dienone is 2. The van der Waals surface area contributed by atoms with Crippen molar-refractivity contribution in [1.82, 2.24) is 0 Å². The largest absolute Gasteiger partial charge is 0.300 e. The van der Waals surface area contributed by atoms with Gasteiger partial charge < -0.3 is 0 Å². The Hall–Kier alpha value is -0.920. The maximum Gasteiger partial charge on any atom is 0.142 e. The molecule has 0 N–H and O–H groups in total. The van der Waals surface area contributed by atoms with Crippen LogP contribution in [-0.2, 0) is 9.59 Å². The maximum atomic E-state index is 11.3. The third-order valence-electron chi connectivity index (χ3n) is 2.73. The van der Waals surface area contributed by atoms with E-state index >= 15 is 0 Å². The molecule has 13 heavy (non-hydrogen) atoms. The number of hydrogen-bond donors (Lipinski definition) is 0. The zero-order valence-corrected chi connectivity index (χ0v) is 8.46. The van der Waals surface area contributed by atoms with E-state index in [1.54, 1.807) is 6.08 Å². The molecule has 0 aromatic rings. The summed E-state index contributed by atoms with van der Waals surface area (Å²) < 4.78 is 0. The van der Waals surface area contributed by atoms with Gasteiger partial charge in [-0.05, 0) is 17.4 Å². The highest BCUT2D eigenvalue weighted by atomic mass is 16.1. The molecule has 0 spiro atoms. The van der Waals surface area contributed by atoms with Crippen molar-refractivity contribution in [3.63, 3.8) is 0 Å². The third-order valence-corrected chi connectivity index (χ3v) is 2.73. The first kappa shape index (κ1) is 10.2. The molecule has 0 aliphatic heterocycles. The van der Waals surface area contributed by atoms with E-state index in [-0.39, 0.29) is 11.3 Å². The smallest absolute Gasteiger partial charge is 0.142 e. The molecule has 0 aromatic heterocycles. The Balaban J connectivity index is 2.98. The molecule has 0 saturated heterocycles. The highest BCUT2D eigenvalue weighted by Gasteiger charge is 2.35. The fraction of sp³-hybridized carbons (Fsp3) is 0.636. The van der Waals surface area contributed by atoms with Crippen molar-refractivity contribution in [3.8, 4) is 0 Å². The Morgan fingerprint density at radius 2 is 2.08 bits per heavy atom. The average molecular weight is 180 g/mol. The molecule has 0 radical (unpaired) electrons. The summed E-state index contributed by atoms with van der Waals surface area (Å²) in [7, 11) is 0. The number of Topliss-reactive ketones (excluding diaryl/α,β-unsaturated/α-hetero) is 1. The maximum absolute atomic E-state index is 11.3. The molecule has 1 fully saturated rings. The van der Waals surface area contributed by atoms with Crippen molar-refractivity contribution in [1.29, 1.82) is 0 Å². The van der Waals surface area contributed by atoms with Crippen LogP contribution < -0.4 is 0 Å². The minimum atomic E-state index is -0.129. The van der Waals surface area contributed by atoms with E-state index in [0.29, 0.717) is 18.6 Å². The van der Waals surface area contributed by atoms with Crippen molar-refractivity contribution >= 4 is 12.1 Å². The van der Waals surface area contributed by atoms with E-state index < -0.39 is 0 Å². The molecule has 72 valence electrons. The fourth-order valence-electron chi connectivity index (χ4n) is 2.25. The Labute approximate surface area is 79.0 Å². The minimum Gasteiger partial charge on any atom is -0.300 e. The van der Waals surface area contributed by atoms with Gasteiger partial charge in [-0.2, -0.15) is 0 Å². The molecule has 1 aliphatic rings. The van der Waals surface area contributed by atoms with Crippen molar-refractivity contribution in [2.24, 2.45) is 11.3 Å². The summed E-state index contributed by atoms with van der Waals surface area (Å²) >= 11 is 0. The summed E-state index contributed by atoms with van der Waals surface area (Å²) in [5, 5.41) is 0. The number of hydrogen-bond acceptors (Lipinski definition) is 2. The molecule has 0 amide bonds. The topological polar surface area (TPSA) is 34.1 Å². The van der Waals surface area contributed by atoms with Gasteiger partial charge in [0.2, 0.25) is 0 Å². The predicted molar refractivity (Wildman–Crippen MR) is 51.3 cm³/mol. The number of rotatable bonds is 1. The lowest BCUT2D eigenvalue weighted by atomic mass is 9.68. The van der Waals surface area contributed by atoms with Crippen molar-refractivity contribution in [3.05, 3.63) is 11.6 Å². The second-order valence-electron chi connectivity index (χ2n) is 4.46. The second kappa shape index (κ2) is 3.44. The fourth-order valence-corrected chi connectivity index (χ4v) is 2.25. The van der Waals surface area contributed by atoms with Gasteiger partial charge in [0.15, 0.2) is 0 Å². The van der Waals surface area contributed by atoms with E-state index in [4.69, 9.17) is 0 Å². The summed E-state index contributed by atoms with van der Waals surface area (Å²) in [5.41, 5.74) is 0.984. The van der Waals surface area contributed by atoms with Gasteiger partial charge in [0.05, 0.1) is 0 Å². The molecule has 1 saturated carbocycles. The third kappa shape index (κ3) is 2.06. The molecular weight excluding hydrogens is 164 g/mol. The summed E-state index contributed by atoms with van der Waals surface area (Å²) in [5.74, 6) is 0.530. The van der Waals surface area contributed by atoms with Gasteiger partial charge in [-0.3, -0.25) is 9.59 Å². The first-order chi connectivity index (χ1) is 5.97. The average Bonchev–Trinajstić information content (AvgIpc) is 1.95. The molecule has 0 bridgehead atoms. The quantitative estimate of drug-likeness (QED) is 0.457. The van der Waals surface area contributed by atoms with Crippen LogP contribution in [0.3, 0.4) is 0 Å². The summed E-state index contributed by atoms with van der Waals surface area (Å²) in [4.78, 5) is 21.7. The van der Waals surface area contributed by atoms with Gasteiger partial charge in [-0.15, -0.1) is 0 Å². The van der Waals surface area contributed by atoms with Gasteiger partial charge >= 0.3 is 0 Å². The minimum absolute atomic E-state index is 0.129. The Morgan fingerprint density at radius 3 is 2.54 bits per heavy atom. The van der Waals surface area contributed by atoms with E-state index in [0.717, 1.165) is 11.9 Å². The van der Waals surface area contributed by atoms with Crippen molar-refractivity contribution in [2.75, 3.05) is 0 Å². The van der Waals surface area contributed by atoms with Crippen LogP contribution in [0.4, 0.5) is 0 Å². The predicted octanol–water partition coefficient (Wildman–Crippen LogP) is 2.14. The summed E-state index contributed by atoms with van der Waals surface area (Å²) in [6.45, 7) is 6.06. The molecule has 1 atom stereocenters. The van der Waals surface area contributed by atoms with Gasteiger partial charge in [-0.1, -0.05) is 26.3 Å². The van der Waals surface area contributed by atoms with Crippen molar-refractivity contribution < 1.29 is 9.59 Å². The van der Waals surface area contributed by atoms with Gasteiger partial charge in [0.1, 0.15) is 12.1 Å². The Bertz CT molecular complexity index is 261. The van der Waals surface area contributed by atoms with E-state index in [1.165, 1.54) is 0 Å². The standard InChI is InChI=1S/C11H16O2/c1-8-6-9(13)7-11(2,3)10(8)4-5-12/h4-5,8H,6-7H2,1-3H3. The first-order valence-corrected chi connectivity index (χ1v) is 4.65. The van der Waals surface area contributed by atoms with E-state index in [9.17, 15) is 9.59 Å². The monoisotopic (exact) mass is 180 g/mol. The SMILES string of the molecule is CC1CC(=O)CC(C)(C)C1=CC=O. The molecular formula is C11H16O2.